The van der Waals surface area contributed by atoms with Crippen molar-refractivity contribution in [2.24, 2.45) is 5.73 Å². The zero-order valence-electron chi connectivity index (χ0n) is 12.1. The smallest absolute Gasteiger partial charge is 0.406 e. The summed E-state index contributed by atoms with van der Waals surface area (Å²) in [4.78, 5) is 0. The van der Waals surface area contributed by atoms with E-state index in [0.29, 0.717) is 16.7 Å². The lowest BCUT2D eigenvalue weighted by Gasteiger charge is -2.11. The van der Waals surface area contributed by atoms with Gasteiger partial charge in [-0.2, -0.15) is 5.10 Å². The van der Waals surface area contributed by atoms with E-state index >= 15 is 0 Å². The molecular formula is C14H17ClF3N3O. The maximum absolute atomic E-state index is 12.4. The molecule has 0 aliphatic heterocycles. The summed E-state index contributed by atoms with van der Waals surface area (Å²) in [6, 6.07) is 4.51. The molecule has 2 rings (SSSR count). The Kier molecular flexibility index (Phi) is 5.85. The fraction of sp³-hybridized carbons (Fsp3) is 0.357. The van der Waals surface area contributed by atoms with Crippen LogP contribution < -0.4 is 10.5 Å². The van der Waals surface area contributed by atoms with Crippen LogP contribution in [-0.4, -0.2) is 16.1 Å². The first-order valence-corrected chi connectivity index (χ1v) is 6.43. The van der Waals surface area contributed by atoms with Crippen LogP contribution in [0.2, 0.25) is 0 Å². The molecule has 22 heavy (non-hydrogen) atoms. The maximum atomic E-state index is 12.4. The van der Waals surface area contributed by atoms with E-state index in [1.165, 1.54) is 12.1 Å². The lowest BCUT2D eigenvalue weighted by Crippen LogP contribution is -2.17. The van der Waals surface area contributed by atoms with Crippen molar-refractivity contribution in [3.05, 3.63) is 36.2 Å². The fourth-order valence-corrected chi connectivity index (χ4v) is 1.91. The number of hydrogen-bond acceptors (Lipinski definition) is 3. The van der Waals surface area contributed by atoms with Gasteiger partial charge in [-0.15, -0.1) is 25.6 Å². The average molecular weight is 336 g/mol. The molecule has 0 fully saturated rings. The van der Waals surface area contributed by atoms with Crippen molar-refractivity contribution >= 4 is 12.4 Å². The molecule has 0 atom stereocenters. The first kappa shape index (κ1) is 18.3. The van der Waals surface area contributed by atoms with E-state index in [0.717, 1.165) is 0 Å². The van der Waals surface area contributed by atoms with E-state index in [1.807, 2.05) is 13.8 Å². The zero-order chi connectivity index (χ0) is 15.6. The molecule has 2 aromatic rings. The Hall–Kier alpha value is -1.73. The molecule has 0 aliphatic rings. The highest BCUT2D eigenvalue weighted by Gasteiger charge is 2.31. The Labute approximate surface area is 132 Å². The molecule has 0 aliphatic carbocycles. The normalized spacial score (nSPS) is 11.4. The van der Waals surface area contributed by atoms with Crippen LogP contribution in [0.25, 0.3) is 11.1 Å². The van der Waals surface area contributed by atoms with Crippen molar-refractivity contribution in [2.45, 2.75) is 32.8 Å². The standard InChI is InChI=1S/C14H16F3N3O.ClH/c1-9(2)20-8-12(7-19-20)11-3-10(6-18)4-13(5-11)21-14(15,16)17;/h3-5,7-9H,6,18H2,1-2H3;1H. The quantitative estimate of drug-likeness (QED) is 0.921. The van der Waals surface area contributed by atoms with Crippen LogP contribution in [0.15, 0.2) is 30.6 Å². The number of nitrogens with zero attached hydrogens (tertiary/aromatic N) is 2. The number of halogens is 4. The van der Waals surface area contributed by atoms with Crippen LogP contribution in [0.5, 0.6) is 5.75 Å². The van der Waals surface area contributed by atoms with Gasteiger partial charge in [-0.25, -0.2) is 0 Å². The Morgan fingerprint density at radius 2 is 1.91 bits per heavy atom. The summed E-state index contributed by atoms with van der Waals surface area (Å²) in [7, 11) is 0. The lowest BCUT2D eigenvalue weighted by atomic mass is 10.1. The minimum absolute atomic E-state index is 0. The van der Waals surface area contributed by atoms with Gasteiger partial charge in [0.05, 0.1) is 6.20 Å². The minimum Gasteiger partial charge on any atom is -0.406 e. The maximum Gasteiger partial charge on any atom is 0.573 e. The Balaban J connectivity index is 0.00000242. The van der Waals surface area contributed by atoms with Crippen molar-refractivity contribution in [1.29, 1.82) is 0 Å². The van der Waals surface area contributed by atoms with Crippen LogP contribution in [0, 0.1) is 0 Å². The van der Waals surface area contributed by atoms with Crippen molar-refractivity contribution in [3.8, 4) is 16.9 Å². The van der Waals surface area contributed by atoms with Gasteiger partial charge < -0.3 is 10.5 Å². The predicted molar refractivity (Wildman–Crippen MR) is 79.9 cm³/mol. The molecule has 0 saturated heterocycles. The first-order chi connectivity index (χ1) is 9.78. The minimum atomic E-state index is -4.73. The van der Waals surface area contributed by atoms with Gasteiger partial charge in [-0.3, -0.25) is 4.68 Å². The average Bonchev–Trinajstić information content (AvgIpc) is 2.86. The van der Waals surface area contributed by atoms with Crippen molar-refractivity contribution in [3.63, 3.8) is 0 Å². The molecule has 0 saturated carbocycles. The highest BCUT2D eigenvalue weighted by molar-refractivity contribution is 5.85. The van der Waals surface area contributed by atoms with Gasteiger partial charge in [0.15, 0.2) is 0 Å². The molecule has 1 aromatic carbocycles. The number of alkyl halides is 3. The van der Waals surface area contributed by atoms with Crippen molar-refractivity contribution < 1.29 is 17.9 Å². The molecule has 0 radical (unpaired) electrons. The van der Waals surface area contributed by atoms with E-state index in [-0.39, 0.29) is 30.7 Å². The van der Waals surface area contributed by atoms with Gasteiger partial charge in [0.25, 0.3) is 0 Å². The van der Waals surface area contributed by atoms with Crippen LogP contribution in [0.3, 0.4) is 0 Å². The second-order valence-corrected chi connectivity index (χ2v) is 4.92. The highest BCUT2D eigenvalue weighted by atomic mass is 35.5. The van der Waals surface area contributed by atoms with Crippen molar-refractivity contribution in [1.82, 2.24) is 9.78 Å². The molecule has 2 N–H and O–H groups in total. The number of aromatic nitrogens is 2. The molecule has 1 aromatic heterocycles. The Bertz CT molecular complexity index is 626. The monoisotopic (exact) mass is 335 g/mol. The summed E-state index contributed by atoms with van der Waals surface area (Å²) < 4.78 is 42.8. The van der Waals surface area contributed by atoms with Crippen molar-refractivity contribution in [2.75, 3.05) is 0 Å². The summed E-state index contributed by atoms with van der Waals surface area (Å²) >= 11 is 0. The van der Waals surface area contributed by atoms with Gasteiger partial charge in [-0.1, -0.05) is 0 Å². The molecule has 0 bridgehead atoms. The Morgan fingerprint density at radius 3 is 2.41 bits per heavy atom. The number of benzene rings is 1. The zero-order valence-corrected chi connectivity index (χ0v) is 12.9. The lowest BCUT2D eigenvalue weighted by molar-refractivity contribution is -0.274. The highest BCUT2D eigenvalue weighted by Crippen LogP contribution is 2.30. The van der Waals surface area contributed by atoms with E-state index < -0.39 is 6.36 Å². The third kappa shape index (κ3) is 4.64. The topological polar surface area (TPSA) is 53.1 Å². The van der Waals surface area contributed by atoms with Gasteiger partial charge in [0.1, 0.15) is 5.75 Å². The third-order valence-electron chi connectivity index (χ3n) is 2.90. The van der Waals surface area contributed by atoms with Gasteiger partial charge in [0, 0.05) is 24.3 Å². The SMILES string of the molecule is CC(C)n1cc(-c2cc(CN)cc(OC(F)(F)F)c2)cn1.Cl. The number of rotatable bonds is 4. The number of nitrogens with two attached hydrogens (primary N) is 1. The summed E-state index contributed by atoms with van der Waals surface area (Å²) in [5.74, 6) is -0.280. The number of hydrogen-bond donors (Lipinski definition) is 1. The summed E-state index contributed by atoms with van der Waals surface area (Å²) in [5, 5.41) is 4.17. The molecule has 0 amide bonds. The summed E-state index contributed by atoms with van der Waals surface area (Å²) in [5.41, 5.74) is 7.39. The molecule has 0 unspecified atom stereocenters. The fourth-order valence-electron chi connectivity index (χ4n) is 1.91. The second-order valence-electron chi connectivity index (χ2n) is 4.92. The van der Waals surface area contributed by atoms with Crippen LogP contribution >= 0.6 is 12.4 Å². The van der Waals surface area contributed by atoms with Gasteiger partial charge in [-0.05, 0) is 43.2 Å². The Morgan fingerprint density at radius 1 is 1.23 bits per heavy atom. The van der Waals surface area contributed by atoms with E-state index in [2.05, 4.69) is 9.84 Å². The molecular weight excluding hydrogens is 319 g/mol. The van der Waals surface area contributed by atoms with Gasteiger partial charge in [0.2, 0.25) is 0 Å². The molecule has 8 heteroatoms. The first-order valence-electron chi connectivity index (χ1n) is 6.43. The van der Waals surface area contributed by atoms with Gasteiger partial charge >= 0.3 is 6.36 Å². The van der Waals surface area contributed by atoms with E-state index in [4.69, 9.17) is 5.73 Å². The molecule has 122 valence electrons. The largest absolute Gasteiger partial charge is 0.573 e. The van der Waals surface area contributed by atoms with E-state index in [9.17, 15) is 13.2 Å². The summed E-state index contributed by atoms with van der Waals surface area (Å²) in [6.07, 6.45) is -1.35. The van der Waals surface area contributed by atoms with Crippen LogP contribution in [0.1, 0.15) is 25.5 Å². The van der Waals surface area contributed by atoms with E-state index in [1.54, 1.807) is 23.1 Å². The molecule has 1 heterocycles. The van der Waals surface area contributed by atoms with Crippen LogP contribution in [0.4, 0.5) is 13.2 Å². The second kappa shape index (κ2) is 7.02. The predicted octanol–water partition coefficient (Wildman–Crippen LogP) is 3.91. The molecule has 0 spiro atoms. The number of ether oxygens (including phenoxy) is 1. The molecule has 4 nitrogen and oxygen atoms in total. The van der Waals surface area contributed by atoms with Crippen LogP contribution in [-0.2, 0) is 6.54 Å². The summed E-state index contributed by atoms with van der Waals surface area (Å²) in [6.45, 7) is 4.05. The third-order valence-corrected chi connectivity index (χ3v) is 2.90.